The summed E-state index contributed by atoms with van der Waals surface area (Å²) in [6.07, 6.45) is 3.67. The lowest BCUT2D eigenvalue weighted by molar-refractivity contribution is -0.139. The van der Waals surface area contributed by atoms with Crippen LogP contribution < -0.4 is 0 Å². The van der Waals surface area contributed by atoms with E-state index >= 15 is 0 Å². The molecule has 0 radical (unpaired) electrons. The topological polar surface area (TPSA) is 95.1 Å². The molecule has 5 rings (SSSR count). The van der Waals surface area contributed by atoms with Crippen LogP contribution in [0.2, 0.25) is 0 Å². The van der Waals surface area contributed by atoms with E-state index in [0.29, 0.717) is 19.6 Å². The number of benzene rings is 2. The molecule has 1 unspecified atom stereocenters. The first-order valence-corrected chi connectivity index (χ1v) is 17.3. The van der Waals surface area contributed by atoms with Gasteiger partial charge in [0.05, 0.1) is 16.1 Å². The number of nitrogens with zero attached hydrogens (tertiary/aromatic N) is 3. The fraction of sp³-hybridized carbons (Fsp3) is 0.552. The molecule has 2 atom stereocenters. The largest absolute Gasteiger partial charge is 0.338 e. The summed E-state index contributed by atoms with van der Waals surface area (Å²) >= 11 is 0. The summed E-state index contributed by atoms with van der Waals surface area (Å²) < 4.78 is 50.5. The standard InChI is InChI=1S/C29H39N3O5S2.ClH/c1-3-39(36,37)32-21-25(27(22-32)24-7-5-4-6-8-24)20-30-16-13-29(14-17-30)15-18-31(28(29)33)19-23-9-11-26(12-10-23)38(2,34)35;/h4-12,25,27H,3,13-22H2,1-2H3;1H/t25-,27?;/m0./s1. The van der Waals surface area contributed by atoms with Crippen LogP contribution in [-0.2, 0) is 31.2 Å². The Morgan fingerprint density at radius 3 is 2.10 bits per heavy atom. The molecule has 0 aromatic heterocycles. The molecule has 0 bridgehead atoms. The molecule has 0 N–H and O–H groups in total. The van der Waals surface area contributed by atoms with Gasteiger partial charge in [0, 0.05) is 44.9 Å². The molecular weight excluding hydrogens is 570 g/mol. The third-order valence-corrected chi connectivity index (χ3v) is 12.0. The summed E-state index contributed by atoms with van der Waals surface area (Å²) in [7, 11) is -6.49. The van der Waals surface area contributed by atoms with Gasteiger partial charge in [0.1, 0.15) is 0 Å². The molecule has 220 valence electrons. The van der Waals surface area contributed by atoms with Gasteiger partial charge in [0.2, 0.25) is 15.9 Å². The Labute approximate surface area is 245 Å². The summed E-state index contributed by atoms with van der Waals surface area (Å²) in [5, 5.41) is 0. The lowest BCUT2D eigenvalue weighted by Gasteiger charge is -2.39. The number of carbonyl (C=O) groups is 1. The van der Waals surface area contributed by atoms with E-state index in [4.69, 9.17) is 0 Å². The fourth-order valence-corrected chi connectivity index (χ4v) is 8.37. The van der Waals surface area contributed by atoms with E-state index in [0.717, 1.165) is 51.0 Å². The van der Waals surface area contributed by atoms with E-state index in [9.17, 15) is 21.6 Å². The molecule has 3 saturated heterocycles. The number of sulfonamides is 1. The Balaban J connectivity index is 0.00000370. The van der Waals surface area contributed by atoms with Gasteiger partial charge in [-0.1, -0.05) is 42.5 Å². The van der Waals surface area contributed by atoms with Crippen molar-refractivity contribution in [3.05, 3.63) is 65.7 Å². The minimum absolute atomic E-state index is 0. The third-order valence-electron chi connectivity index (χ3n) is 9.03. The highest BCUT2D eigenvalue weighted by molar-refractivity contribution is 7.90. The molecular formula is C29H40ClN3O5S2. The highest BCUT2D eigenvalue weighted by atomic mass is 35.5. The van der Waals surface area contributed by atoms with E-state index in [1.165, 1.54) is 11.8 Å². The monoisotopic (exact) mass is 609 g/mol. The van der Waals surface area contributed by atoms with Crippen molar-refractivity contribution in [2.24, 2.45) is 11.3 Å². The number of piperidine rings is 1. The Bertz CT molecular complexity index is 1390. The molecule has 3 aliphatic heterocycles. The van der Waals surface area contributed by atoms with E-state index in [-0.39, 0.29) is 46.2 Å². The van der Waals surface area contributed by atoms with Gasteiger partial charge >= 0.3 is 0 Å². The number of sulfone groups is 1. The zero-order valence-corrected chi connectivity index (χ0v) is 25.7. The van der Waals surface area contributed by atoms with Gasteiger partial charge in [-0.2, -0.15) is 0 Å². The first-order valence-electron chi connectivity index (χ1n) is 13.8. The fourth-order valence-electron chi connectivity index (χ4n) is 6.57. The van der Waals surface area contributed by atoms with Gasteiger partial charge in [-0.25, -0.2) is 21.1 Å². The summed E-state index contributed by atoms with van der Waals surface area (Å²) in [5.41, 5.74) is 1.80. The molecule has 3 fully saturated rings. The van der Waals surface area contributed by atoms with Crippen molar-refractivity contribution >= 4 is 38.2 Å². The Morgan fingerprint density at radius 2 is 1.50 bits per heavy atom. The average molecular weight is 610 g/mol. The number of likely N-dealkylation sites (tertiary alicyclic amines) is 2. The smallest absolute Gasteiger partial charge is 0.229 e. The number of hydrogen-bond acceptors (Lipinski definition) is 6. The Hall–Kier alpha value is -1.98. The van der Waals surface area contributed by atoms with E-state index in [2.05, 4.69) is 17.0 Å². The van der Waals surface area contributed by atoms with Crippen LogP contribution in [0.5, 0.6) is 0 Å². The summed E-state index contributed by atoms with van der Waals surface area (Å²) in [6.45, 7) is 6.49. The van der Waals surface area contributed by atoms with Gasteiger partial charge < -0.3 is 9.80 Å². The van der Waals surface area contributed by atoms with Crippen LogP contribution >= 0.6 is 12.4 Å². The maximum Gasteiger partial charge on any atom is 0.229 e. The molecule has 40 heavy (non-hydrogen) atoms. The zero-order valence-electron chi connectivity index (χ0n) is 23.2. The minimum Gasteiger partial charge on any atom is -0.338 e. The van der Waals surface area contributed by atoms with Gasteiger partial charge in [-0.3, -0.25) is 4.79 Å². The van der Waals surface area contributed by atoms with Crippen molar-refractivity contribution in [2.45, 2.75) is 43.5 Å². The number of rotatable bonds is 8. The number of carbonyl (C=O) groups excluding carboxylic acids is 1. The van der Waals surface area contributed by atoms with Gasteiger partial charge in [0.25, 0.3) is 0 Å². The summed E-state index contributed by atoms with van der Waals surface area (Å²) in [5.74, 6) is 0.709. The molecule has 3 heterocycles. The first-order chi connectivity index (χ1) is 18.5. The molecule has 8 nitrogen and oxygen atoms in total. The van der Waals surface area contributed by atoms with E-state index in [1.807, 2.05) is 23.1 Å². The predicted molar refractivity (Wildman–Crippen MR) is 159 cm³/mol. The number of halogens is 1. The van der Waals surface area contributed by atoms with Gasteiger partial charge in [-0.05, 0) is 68.5 Å². The van der Waals surface area contributed by atoms with Crippen LogP contribution in [0.15, 0.2) is 59.5 Å². The second kappa shape index (κ2) is 12.1. The first kappa shape index (κ1) is 31.0. The normalized spacial score (nSPS) is 23.9. The molecule has 11 heteroatoms. The SMILES string of the molecule is CCS(=O)(=O)N1CC(c2ccccc2)[C@@H](CN2CCC3(CC2)CCN(Cc2ccc(S(C)(=O)=O)cc2)C3=O)C1.Cl. The Kier molecular flexibility index (Phi) is 9.36. The molecule has 2 aromatic rings. The molecule has 2 aromatic carbocycles. The van der Waals surface area contributed by atoms with Crippen molar-refractivity contribution in [1.29, 1.82) is 0 Å². The zero-order chi connectivity index (χ0) is 27.8. The molecule has 0 aliphatic carbocycles. The number of hydrogen-bond donors (Lipinski definition) is 0. The number of amides is 1. The third kappa shape index (κ3) is 6.41. The second-order valence-electron chi connectivity index (χ2n) is 11.5. The van der Waals surface area contributed by atoms with Crippen molar-refractivity contribution in [2.75, 3.05) is 51.3 Å². The van der Waals surface area contributed by atoms with Crippen LogP contribution in [0.1, 0.15) is 43.2 Å². The van der Waals surface area contributed by atoms with Crippen molar-refractivity contribution < 1.29 is 21.6 Å². The van der Waals surface area contributed by atoms with E-state index in [1.54, 1.807) is 35.5 Å². The molecule has 0 saturated carbocycles. The minimum atomic E-state index is -3.25. The predicted octanol–water partition coefficient (Wildman–Crippen LogP) is 3.39. The van der Waals surface area contributed by atoms with E-state index < -0.39 is 19.9 Å². The highest BCUT2D eigenvalue weighted by Gasteiger charge is 2.48. The molecule has 1 amide bonds. The van der Waals surface area contributed by atoms with Crippen molar-refractivity contribution in [3.8, 4) is 0 Å². The van der Waals surface area contributed by atoms with Gasteiger partial charge in [0.15, 0.2) is 9.84 Å². The lowest BCUT2D eigenvalue weighted by atomic mass is 9.76. The summed E-state index contributed by atoms with van der Waals surface area (Å²) in [4.78, 5) is 18.2. The highest BCUT2D eigenvalue weighted by Crippen LogP contribution is 2.43. The lowest BCUT2D eigenvalue weighted by Crippen LogP contribution is -2.46. The Morgan fingerprint density at radius 1 is 0.875 bits per heavy atom. The maximum atomic E-state index is 13.5. The summed E-state index contributed by atoms with van der Waals surface area (Å²) in [6, 6.07) is 17.0. The maximum absolute atomic E-state index is 13.5. The second-order valence-corrected chi connectivity index (χ2v) is 15.7. The van der Waals surface area contributed by atoms with Crippen LogP contribution in [-0.4, -0.2) is 88.1 Å². The quantitative estimate of drug-likeness (QED) is 0.455. The van der Waals surface area contributed by atoms with Crippen LogP contribution in [0.25, 0.3) is 0 Å². The van der Waals surface area contributed by atoms with Crippen molar-refractivity contribution in [1.82, 2.24) is 14.1 Å². The average Bonchev–Trinajstić information content (AvgIpc) is 3.48. The molecule has 3 aliphatic rings. The van der Waals surface area contributed by atoms with Crippen molar-refractivity contribution in [3.63, 3.8) is 0 Å². The van der Waals surface area contributed by atoms with Gasteiger partial charge in [-0.15, -0.1) is 12.4 Å². The van der Waals surface area contributed by atoms with Crippen LogP contribution in [0.4, 0.5) is 0 Å². The van der Waals surface area contributed by atoms with Crippen LogP contribution in [0.3, 0.4) is 0 Å². The molecule has 1 spiro atoms. The van der Waals surface area contributed by atoms with Crippen LogP contribution in [0, 0.1) is 11.3 Å².